The zero-order chi connectivity index (χ0) is 77.0. The molecule has 3 aromatic carbocycles. The van der Waals surface area contributed by atoms with E-state index in [4.69, 9.17) is 19.0 Å². The Morgan fingerprint density at radius 2 is 1.41 bits per heavy atom. The lowest BCUT2D eigenvalue weighted by molar-refractivity contribution is -0.197. The van der Waals surface area contributed by atoms with Gasteiger partial charge in [-0.25, -0.2) is 15.0 Å². The van der Waals surface area contributed by atoms with E-state index in [9.17, 15) is 62.6 Å². The maximum atomic E-state index is 14.0. The number of methoxy groups -OCH3 is 1. The number of anilines is 1. The minimum Gasteiger partial charge on any atom is -0.494 e. The quantitative estimate of drug-likeness (QED) is 0.00958. The molecule has 2 fully saturated rings. The van der Waals surface area contributed by atoms with Crippen molar-refractivity contribution in [2.75, 3.05) is 58.5 Å². The number of hydroxylamine groups is 2. The molecule has 572 valence electrons. The van der Waals surface area contributed by atoms with E-state index in [1.807, 2.05) is 45.9 Å². The average Bonchev–Trinajstić information content (AvgIpc) is 1.59. The van der Waals surface area contributed by atoms with Crippen molar-refractivity contribution in [2.24, 2.45) is 28.8 Å². The second-order valence-electron chi connectivity index (χ2n) is 27.6. The summed E-state index contributed by atoms with van der Waals surface area (Å²) in [7, 11) is 7.46. The molecule has 30 heteroatoms. The van der Waals surface area contributed by atoms with E-state index in [0.29, 0.717) is 71.3 Å². The summed E-state index contributed by atoms with van der Waals surface area (Å²) in [6, 6.07) is 19.3. The van der Waals surface area contributed by atoms with Gasteiger partial charge in [-0.05, 0) is 124 Å². The molecule has 3 aromatic rings. The van der Waals surface area contributed by atoms with Crippen LogP contribution in [0.4, 0.5) is 10.5 Å². The molecule has 11 amide bonds. The van der Waals surface area contributed by atoms with E-state index in [0.717, 1.165) is 12.0 Å². The van der Waals surface area contributed by atoms with Crippen LogP contribution in [0.25, 0.3) is 0 Å². The van der Waals surface area contributed by atoms with Crippen molar-refractivity contribution in [2.45, 2.75) is 201 Å². The Morgan fingerprint density at radius 3 is 2.04 bits per heavy atom. The number of hydrogen-bond acceptors (Lipinski definition) is 20. The number of likely N-dealkylation sites (tertiary alicyclic amines) is 1. The fourth-order valence-corrected chi connectivity index (χ4v) is 14.5. The van der Waals surface area contributed by atoms with Crippen LogP contribution in [0, 0.1) is 23.7 Å². The minimum absolute atomic E-state index is 0.00772. The number of aliphatic hydroxyl groups excluding tert-OH is 1. The van der Waals surface area contributed by atoms with E-state index in [2.05, 4.69) is 37.1 Å². The number of likely N-dealkylation sites (N-methyl/N-ethyl adjacent to an activating group) is 2. The van der Waals surface area contributed by atoms with Crippen LogP contribution in [0.2, 0.25) is 0 Å². The highest BCUT2D eigenvalue weighted by atomic mass is 33.1. The normalized spacial score (nSPS) is 16.2. The molecule has 0 saturated carbocycles. The lowest BCUT2D eigenvalue weighted by atomic mass is 9.92. The van der Waals surface area contributed by atoms with Crippen LogP contribution in [0.1, 0.15) is 170 Å². The van der Waals surface area contributed by atoms with Crippen LogP contribution in [0.5, 0.6) is 5.75 Å². The Morgan fingerprint density at radius 1 is 0.760 bits per heavy atom. The third kappa shape index (κ3) is 27.1. The molecule has 5 rings (SSSR count). The lowest BCUT2D eigenvalue weighted by Crippen LogP contribution is -2.53. The SMILES string of the molecule is CC[C@H](C)[C@@H](CCC(=O)N1CCC[C@H]1[C@H](OC)[C@@H](C)C(=O)N[C@H](C)[C@@H](O)c1ccccc1)N(C)C(=O)CNC(=O)[C@H](C(C)C)N(C)C(=O)OCc1ccc(NC(=O)CNC(=O)[C@@H](NC(=O)CCSSC(C)(C)CC(=O)N/N=C(\C)c2ccc(OCCCC(=O)ON3C(=O)CCC3=O)cc2)C(C)C)cc1. The number of ether oxygens (including phenoxy) is 3. The maximum absolute atomic E-state index is 14.0. The molecule has 0 unspecified atom stereocenters. The Labute approximate surface area is 618 Å². The first-order chi connectivity index (χ1) is 49.2. The molecule has 9 atom stereocenters. The Balaban J connectivity index is 0.977. The molecule has 0 bridgehead atoms. The van der Waals surface area contributed by atoms with E-state index in [1.54, 1.807) is 126 Å². The highest BCUT2D eigenvalue weighted by molar-refractivity contribution is 8.77. The first-order valence-electron chi connectivity index (χ1n) is 35.4. The molecule has 28 nitrogen and oxygen atoms in total. The highest BCUT2D eigenvalue weighted by Crippen LogP contribution is 2.38. The van der Waals surface area contributed by atoms with E-state index >= 15 is 0 Å². The van der Waals surface area contributed by atoms with Crippen molar-refractivity contribution in [3.8, 4) is 5.75 Å². The number of nitrogens with one attached hydrogen (secondary N) is 6. The molecule has 0 aliphatic carbocycles. The van der Waals surface area contributed by atoms with Crippen LogP contribution in [0.3, 0.4) is 0 Å². The van der Waals surface area contributed by atoms with Crippen LogP contribution in [-0.4, -0.2) is 196 Å². The molecule has 104 heavy (non-hydrogen) atoms. The summed E-state index contributed by atoms with van der Waals surface area (Å²) in [5.41, 5.74) is 5.51. The molecular formula is C74H107N11O17S2. The highest BCUT2D eigenvalue weighted by Gasteiger charge is 2.41. The van der Waals surface area contributed by atoms with Gasteiger partial charge in [0.15, 0.2) is 0 Å². The predicted molar refractivity (Wildman–Crippen MR) is 395 cm³/mol. The number of imide groups is 1. The second kappa shape index (κ2) is 42.4. The van der Waals surface area contributed by atoms with Crippen molar-refractivity contribution in [1.29, 1.82) is 0 Å². The lowest BCUT2D eigenvalue weighted by Gasteiger charge is -2.36. The van der Waals surface area contributed by atoms with Crippen molar-refractivity contribution >= 4 is 104 Å². The molecule has 2 aliphatic rings. The van der Waals surface area contributed by atoms with Gasteiger partial charge in [-0.1, -0.05) is 119 Å². The molecule has 0 spiro atoms. The molecule has 0 aromatic heterocycles. The number of rotatable bonds is 41. The topological polar surface area (TPSA) is 359 Å². The molecule has 2 heterocycles. The third-order valence-corrected chi connectivity index (χ3v) is 21.5. The van der Waals surface area contributed by atoms with Gasteiger partial charge in [0, 0.05) is 82.1 Å². The summed E-state index contributed by atoms with van der Waals surface area (Å²) in [6.45, 7) is 19.8. The molecular weight excluding hydrogens is 1380 g/mol. The number of carbonyl (C=O) groups excluding carboxylic acids is 12. The molecule has 7 N–H and O–H groups in total. The summed E-state index contributed by atoms with van der Waals surface area (Å²) in [4.78, 5) is 166. The fraction of sp³-hybridized carbons (Fsp3) is 0.581. The van der Waals surface area contributed by atoms with E-state index < -0.39 is 89.1 Å². The van der Waals surface area contributed by atoms with Gasteiger partial charge < -0.3 is 60.5 Å². The summed E-state index contributed by atoms with van der Waals surface area (Å²) in [5.74, 6) is -5.36. The van der Waals surface area contributed by atoms with Gasteiger partial charge in [-0.2, -0.15) is 5.10 Å². The van der Waals surface area contributed by atoms with Gasteiger partial charge in [0.2, 0.25) is 47.3 Å². The summed E-state index contributed by atoms with van der Waals surface area (Å²) >= 11 is 0. The Bertz CT molecular complexity index is 3420. The summed E-state index contributed by atoms with van der Waals surface area (Å²) in [6.07, 6.45) is 0.727. The van der Waals surface area contributed by atoms with Crippen LogP contribution < -0.4 is 36.7 Å². The van der Waals surface area contributed by atoms with E-state index in [1.165, 1.54) is 40.6 Å². The number of aliphatic hydroxyl groups is 1. The van der Waals surface area contributed by atoms with Gasteiger partial charge in [0.1, 0.15) is 24.4 Å². The summed E-state index contributed by atoms with van der Waals surface area (Å²) < 4.78 is 16.7. The third-order valence-electron chi connectivity index (χ3n) is 18.2. The number of benzene rings is 3. The van der Waals surface area contributed by atoms with Gasteiger partial charge in [0.25, 0.3) is 11.8 Å². The zero-order valence-electron chi connectivity index (χ0n) is 62.4. The van der Waals surface area contributed by atoms with Crippen molar-refractivity contribution in [1.82, 2.24) is 46.5 Å². The van der Waals surface area contributed by atoms with Crippen molar-refractivity contribution in [3.05, 3.63) is 95.6 Å². The number of amides is 11. The Hall–Kier alpha value is -8.61. The average molecular weight is 1490 g/mol. The van der Waals surface area contributed by atoms with Crippen LogP contribution in [-0.2, 0) is 73.7 Å². The van der Waals surface area contributed by atoms with Gasteiger partial charge >= 0.3 is 12.1 Å². The second-order valence-corrected chi connectivity index (χ2v) is 30.7. The number of hydrogen-bond donors (Lipinski definition) is 7. The van der Waals surface area contributed by atoms with Crippen molar-refractivity contribution < 1.29 is 81.7 Å². The van der Waals surface area contributed by atoms with Crippen LogP contribution >= 0.6 is 21.6 Å². The van der Waals surface area contributed by atoms with Gasteiger partial charge in [-0.3, -0.25) is 52.8 Å². The first-order valence-corrected chi connectivity index (χ1v) is 37.8. The monoisotopic (exact) mass is 1490 g/mol. The fourth-order valence-electron chi connectivity index (χ4n) is 12.0. The summed E-state index contributed by atoms with van der Waals surface area (Å²) in [5, 5.41) is 29.4. The van der Waals surface area contributed by atoms with Gasteiger partial charge in [0.05, 0.1) is 62.0 Å². The predicted octanol–water partition coefficient (Wildman–Crippen LogP) is 7.37. The minimum atomic E-state index is -1.01. The number of carbonyl (C=O) groups is 12. The van der Waals surface area contributed by atoms with E-state index in [-0.39, 0.29) is 118 Å². The smallest absolute Gasteiger partial charge is 0.410 e. The number of nitrogens with zero attached hydrogens (tertiary/aromatic N) is 5. The standard InChI is InChI=1S/C74H107N11O17S2/c1-15-47(6)56(33-34-61(89)84-38-19-23-57(84)69(99-14)48(7)70(95)77-50(9)68(94)53-21-17-16-18-22-53)82(12)64(92)43-76-72(97)67(46(4)5)83(13)73(98)101-44-51-25-29-54(30-26-51)78-60(88)42-75-71(96)66(45(2)3)79-58(86)37-40-103-104-74(10,11)41-59(87)81-80-49(8)52-27-31-55(32-28-52)100-39-20-24-65(93)102-85-62(90)35-36-63(85)91/h16-18,21-22,25-32,45-48,50,56-57,66-69,94H,15,19-20,23-24,33-44H2,1-14H3,(H,75,96)(H,76,97)(H,77,95)(H,78,88)(H,79,86)(H,81,87)/b80-49+/t47-,48+,50+,56+,57-,66-,67-,68+,69+/m0/s1. The van der Waals surface area contributed by atoms with Crippen molar-refractivity contribution in [3.63, 3.8) is 0 Å². The van der Waals surface area contributed by atoms with Crippen LogP contribution in [0.15, 0.2) is 84.0 Å². The number of hydrazone groups is 1. The molecule has 2 aliphatic heterocycles. The Kier molecular flexibility index (Phi) is 35.1. The zero-order valence-corrected chi connectivity index (χ0v) is 64.0. The first kappa shape index (κ1) is 86.0. The molecule has 0 radical (unpaired) electrons. The molecule has 2 saturated heterocycles. The van der Waals surface area contributed by atoms with Gasteiger partial charge in [-0.15, -0.1) is 5.06 Å². The maximum Gasteiger partial charge on any atom is 0.410 e. The largest absolute Gasteiger partial charge is 0.494 e.